The molecule has 27 heavy (non-hydrogen) atoms. The molecule has 150 valence electrons. The number of hydrogen-bond donors (Lipinski definition) is 2. The summed E-state index contributed by atoms with van der Waals surface area (Å²) in [4.78, 5) is 26.8. The minimum absolute atomic E-state index is 0.000847. The maximum absolute atomic E-state index is 11.4. The van der Waals surface area contributed by atoms with Crippen LogP contribution in [0.3, 0.4) is 0 Å². The first-order valence-electron chi connectivity index (χ1n) is 8.47. The van der Waals surface area contributed by atoms with Crippen molar-refractivity contribution in [2.24, 2.45) is 0 Å². The van der Waals surface area contributed by atoms with Crippen LogP contribution >= 0.6 is 0 Å². The Morgan fingerprint density at radius 3 is 2.56 bits per heavy atom. The van der Waals surface area contributed by atoms with Gasteiger partial charge in [0, 0.05) is 32.0 Å². The van der Waals surface area contributed by atoms with Crippen molar-refractivity contribution in [3.63, 3.8) is 0 Å². The number of carboxylic acid groups (broad SMARTS) is 1. The SMILES string of the molecule is CC1NC(=O)COC12CCN(Cc1cccnc1)CC2.O=C(O)C(F)(F)F. The molecule has 10 heteroatoms. The van der Waals surface area contributed by atoms with Gasteiger partial charge in [-0.25, -0.2) is 4.79 Å². The Balaban J connectivity index is 0.000000321. The molecule has 0 bridgehead atoms. The normalized spacial score (nSPS) is 22.5. The molecular formula is C17H22F3N3O4. The lowest BCUT2D eigenvalue weighted by Crippen LogP contribution is -2.62. The van der Waals surface area contributed by atoms with Crippen LogP contribution in [-0.2, 0) is 20.9 Å². The Hall–Kier alpha value is -2.20. The van der Waals surface area contributed by atoms with Crippen molar-refractivity contribution in [3.8, 4) is 0 Å². The molecule has 1 aromatic heterocycles. The molecule has 1 amide bonds. The predicted molar refractivity (Wildman–Crippen MR) is 88.7 cm³/mol. The van der Waals surface area contributed by atoms with Gasteiger partial charge in [-0.05, 0) is 31.4 Å². The summed E-state index contributed by atoms with van der Waals surface area (Å²) >= 11 is 0. The lowest BCUT2D eigenvalue weighted by molar-refractivity contribution is -0.192. The van der Waals surface area contributed by atoms with E-state index in [1.54, 1.807) is 6.20 Å². The van der Waals surface area contributed by atoms with Gasteiger partial charge in [0.25, 0.3) is 0 Å². The third-order valence-corrected chi connectivity index (χ3v) is 4.73. The summed E-state index contributed by atoms with van der Waals surface area (Å²) in [5.41, 5.74) is 1.08. The molecule has 2 N–H and O–H groups in total. The number of amides is 1. The number of rotatable bonds is 2. The molecule has 2 aliphatic heterocycles. The van der Waals surface area contributed by atoms with Gasteiger partial charge in [0.05, 0.1) is 11.6 Å². The zero-order chi connectivity index (χ0) is 20.1. The standard InChI is InChI=1S/C15H21N3O2.C2HF3O2/c1-12-15(20-11-14(19)17-12)4-7-18(8-5-15)10-13-3-2-6-16-9-13;3-2(4,5)1(6)7/h2-3,6,9,12H,4-5,7-8,10-11H2,1H3,(H,17,19);(H,6,7). The summed E-state index contributed by atoms with van der Waals surface area (Å²) < 4.78 is 37.6. The molecule has 1 unspecified atom stereocenters. The van der Waals surface area contributed by atoms with Gasteiger partial charge in [0.15, 0.2) is 0 Å². The average molecular weight is 389 g/mol. The number of likely N-dealkylation sites (tertiary alicyclic amines) is 1. The zero-order valence-corrected chi connectivity index (χ0v) is 14.8. The van der Waals surface area contributed by atoms with Crippen LogP contribution < -0.4 is 5.32 Å². The highest BCUT2D eigenvalue weighted by Gasteiger charge is 2.44. The quantitative estimate of drug-likeness (QED) is 0.798. The van der Waals surface area contributed by atoms with Crippen LogP contribution in [0.4, 0.5) is 13.2 Å². The van der Waals surface area contributed by atoms with E-state index in [1.165, 1.54) is 5.56 Å². The van der Waals surface area contributed by atoms with Crippen molar-refractivity contribution in [2.45, 2.75) is 44.1 Å². The molecule has 1 atom stereocenters. The van der Waals surface area contributed by atoms with E-state index in [-0.39, 0.29) is 24.2 Å². The summed E-state index contributed by atoms with van der Waals surface area (Å²) in [6.07, 6.45) is 0.572. The first-order chi connectivity index (χ1) is 12.6. The van der Waals surface area contributed by atoms with Crippen molar-refractivity contribution in [1.29, 1.82) is 0 Å². The van der Waals surface area contributed by atoms with E-state index < -0.39 is 12.1 Å². The molecule has 0 aromatic carbocycles. The molecule has 0 aliphatic carbocycles. The molecule has 1 spiro atoms. The average Bonchev–Trinajstić information content (AvgIpc) is 2.61. The number of aliphatic carboxylic acids is 1. The third-order valence-electron chi connectivity index (χ3n) is 4.73. The van der Waals surface area contributed by atoms with Crippen LogP contribution in [0.2, 0.25) is 0 Å². The smallest absolute Gasteiger partial charge is 0.475 e. The number of nitrogens with one attached hydrogen (secondary N) is 1. The maximum Gasteiger partial charge on any atom is 0.490 e. The Morgan fingerprint density at radius 2 is 2.07 bits per heavy atom. The molecule has 2 fully saturated rings. The highest BCUT2D eigenvalue weighted by Crippen LogP contribution is 2.32. The van der Waals surface area contributed by atoms with Crippen LogP contribution in [0.1, 0.15) is 25.3 Å². The van der Waals surface area contributed by atoms with E-state index in [9.17, 15) is 18.0 Å². The van der Waals surface area contributed by atoms with Crippen LogP contribution in [0, 0.1) is 0 Å². The van der Waals surface area contributed by atoms with E-state index in [0.717, 1.165) is 32.5 Å². The zero-order valence-electron chi connectivity index (χ0n) is 14.8. The number of morpholine rings is 1. The number of carbonyl (C=O) groups excluding carboxylic acids is 1. The Kier molecular flexibility index (Phi) is 6.77. The van der Waals surface area contributed by atoms with E-state index in [2.05, 4.69) is 21.3 Å². The minimum atomic E-state index is -5.08. The third kappa shape index (κ3) is 5.90. The predicted octanol–water partition coefficient (Wildman–Crippen LogP) is 1.58. The largest absolute Gasteiger partial charge is 0.490 e. The van der Waals surface area contributed by atoms with Gasteiger partial charge < -0.3 is 15.2 Å². The van der Waals surface area contributed by atoms with Crippen molar-refractivity contribution in [1.82, 2.24) is 15.2 Å². The number of halogens is 3. The van der Waals surface area contributed by atoms with Gasteiger partial charge in [-0.3, -0.25) is 14.7 Å². The highest BCUT2D eigenvalue weighted by atomic mass is 19.4. The lowest BCUT2D eigenvalue weighted by Gasteiger charge is -2.47. The molecule has 3 heterocycles. The Morgan fingerprint density at radius 1 is 1.44 bits per heavy atom. The van der Waals surface area contributed by atoms with Crippen LogP contribution in [0.15, 0.2) is 24.5 Å². The second-order valence-corrected chi connectivity index (χ2v) is 6.58. The van der Waals surface area contributed by atoms with Crippen LogP contribution in [-0.4, -0.2) is 64.4 Å². The molecule has 7 nitrogen and oxygen atoms in total. The summed E-state index contributed by atoms with van der Waals surface area (Å²) in [5, 5.41) is 10.1. The van der Waals surface area contributed by atoms with Crippen molar-refractivity contribution < 1.29 is 32.6 Å². The van der Waals surface area contributed by atoms with E-state index >= 15 is 0 Å². The van der Waals surface area contributed by atoms with E-state index in [0.29, 0.717) is 0 Å². The summed E-state index contributed by atoms with van der Waals surface area (Å²) in [6.45, 7) is 5.18. The van der Waals surface area contributed by atoms with Crippen molar-refractivity contribution in [2.75, 3.05) is 19.7 Å². The fraction of sp³-hybridized carbons (Fsp3) is 0.588. The summed E-state index contributed by atoms with van der Waals surface area (Å²) in [5.74, 6) is -2.76. The second-order valence-electron chi connectivity index (χ2n) is 6.58. The minimum Gasteiger partial charge on any atom is -0.475 e. The number of pyridine rings is 1. The van der Waals surface area contributed by atoms with Crippen molar-refractivity contribution >= 4 is 11.9 Å². The van der Waals surface area contributed by atoms with Crippen molar-refractivity contribution in [3.05, 3.63) is 30.1 Å². The number of nitrogens with zero attached hydrogens (tertiary/aromatic N) is 2. The lowest BCUT2D eigenvalue weighted by atomic mass is 9.83. The molecule has 3 rings (SSSR count). The number of aromatic nitrogens is 1. The van der Waals surface area contributed by atoms with Crippen LogP contribution in [0.25, 0.3) is 0 Å². The van der Waals surface area contributed by atoms with Gasteiger partial charge in [0.1, 0.15) is 6.61 Å². The first-order valence-corrected chi connectivity index (χ1v) is 8.47. The number of alkyl halides is 3. The Bertz CT molecular complexity index is 647. The Labute approximate surface area is 154 Å². The fourth-order valence-electron chi connectivity index (χ4n) is 3.17. The number of hydrogen-bond acceptors (Lipinski definition) is 5. The molecule has 0 saturated carbocycles. The molecule has 0 radical (unpaired) electrons. The molecule has 2 aliphatic rings. The molecule has 1 aromatic rings. The first kappa shape index (κ1) is 21.1. The fourth-order valence-corrected chi connectivity index (χ4v) is 3.17. The van der Waals surface area contributed by atoms with E-state index in [4.69, 9.17) is 14.6 Å². The topological polar surface area (TPSA) is 91.8 Å². The number of piperidine rings is 1. The highest BCUT2D eigenvalue weighted by molar-refractivity contribution is 5.78. The number of carboxylic acids is 1. The maximum atomic E-state index is 11.4. The molecule has 2 saturated heterocycles. The second kappa shape index (κ2) is 8.66. The van der Waals surface area contributed by atoms with Gasteiger partial charge in [-0.15, -0.1) is 0 Å². The van der Waals surface area contributed by atoms with E-state index in [1.807, 2.05) is 19.2 Å². The molecular weight excluding hydrogens is 367 g/mol. The summed E-state index contributed by atoms with van der Waals surface area (Å²) in [7, 11) is 0. The number of carbonyl (C=O) groups is 2. The van der Waals surface area contributed by atoms with Gasteiger partial charge in [0.2, 0.25) is 5.91 Å². The van der Waals surface area contributed by atoms with Crippen LogP contribution in [0.5, 0.6) is 0 Å². The van der Waals surface area contributed by atoms with Gasteiger partial charge in [-0.2, -0.15) is 13.2 Å². The monoisotopic (exact) mass is 389 g/mol. The van der Waals surface area contributed by atoms with Gasteiger partial charge in [-0.1, -0.05) is 6.07 Å². The van der Waals surface area contributed by atoms with Gasteiger partial charge >= 0.3 is 12.1 Å². The summed E-state index contributed by atoms with van der Waals surface area (Å²) in [6, 6.07) is 4.18. The number of ether oxygens (including phenoxy) is 1.